The lowest BCUT2D eigenvalue weighted by Gasteiger charge is -2.31. The summed E-state index contributed by atoms with van der Waals surface area (Å²) in [4.78, 5) is 2.58. The number of hydrogen-bond donors (Lipinski definition) is 1. The molecule has 4 heteroatoms. The van der Waals surface area contributed by atoms with E-state index in [9.17, 15) is 0 Å². The molecule has 3 nitrogen and oxygen atoms in total. The Morgan fingerprint density at radius 3 is 2.02 bits per heavy atom. The second-order valence-electron chi connectivity index (χ2n) is 16.0. The molecule has 1 unspecified atom stereocenters. The first-order valence-electron chi connectivity index (χ1n) is 19.5. The number of aryl methyl sites for hydroxylation is 1. The fourth-order valence-electron chi connectivity index (χ4n) is 9.63. The summed E-state index contributed by atoms with van der Waals surface area (Å²) in [7, 11) is 2.22. The Balaban J connectivity index is 1.21. The number of benzene rings is 8. The van der Waals surface area contributed by atoms with Gasteiger partial charge >= 0.3 is 0 Å². The molecule has 0 amide bonds. The maximum absolute atomic E-state index is 6.21. The van der Waals surface area contributed by atoms with Gasteiger partial charge in [0.15, 0.2) is 0 Å². The Morgan fingerprint density at radius 2 is 1.21 bits per heavy atom. The second-order valence-corrected chi connectivity index (χ2v) is 17.1. The van der Waals surface area contributed by atoms with E-state index in [1.165, 1.54) is 103 Å². The van der Waals surface area contributed by atoms with Gasteiger partial charge in [0.05, 0.1) is 22.6 Å². The first-order chi connectivity index (χ1) is 27.3. The highest BCUT2D eigenvalue weighted by Gasteiger charge is 2.38. The first-order valence-corrected chi connectivity index (χ1v) is 20.3. The molecule has 0 radical (unpaired) electrons. The molecule has 2 aromatic heterocycles. The highest BCUT2D eigenvalue weighted by Crippen LogP contribution is 2.56. The number of nitrogens with two attached hydrogens (primary N) is 1. The van der Waals surface area contributed by atoms with Gasteiger partial charge in [-0.15, -0.1) is 11.3 Å². The van der Waals surface area contributed by atoms with Crippen LogP contribution in [0.15, 0.2) is 158 Å². The van der Waals surface area contributed by atoms with E-state index in [0.717, 1.165) is 5.56 Å². The van der Waals surface area contributed by atoms with E-state index in [-0.39, 0.29) is 11.5 Å². The highest BCUT2D eigenvalue weighted by atomic mass is 32.1. The molecule has 1 aliphatic rings. The Labute approximate surface area is 330 Å². The minimum atomic E-state index is -0.246. The molecule has 2 heterocycles. The summed E-state index contributed by atoms with van der Waals surface area (Å²) < 4.78 is 4.98. The van der Waals surface area contributed by atoms with Gasteiger partial charge in [-0.05, 0) is 93.7 Å². The summed E-state index contributed by atoms with van der Waals surface area (Å²) in [6.07, 6.45) is 0. The van der Waals surface area contributed by atoms with Gasteiger partial charge in [-0.3, -0.25) is 0 Å². The fourth-order valence-corrected chi connectivity index (χ4v) is 10.8. The minimum absolute atomic E-state index is 0.0117. The lowest BCUT2D eigenvalue weighted by Crippen LogP contribution is -2.17. The normalized spacial score (nSPS) is 13.9. The summed E-state index contributed by atoms with van der Waals surface area (Å²) in [5.74, 6) is 0. The average Bonchev–Trinajstić information content (AvgIpc) is 3.83. The van der Waals surface area contributed by atoms with E-state index >= 15 is 0 Å². The molecule has 270 valence electrons. The molecule has 0 saturated carbocycles. The first kappa shape index (κ1) is 33.2. The number of rotatable bonds is 5. The van der Waals surface area contributed by atoms with Gasteiger partial charge in [-0.25, -0.2) is 0 Å². The molecule has 0 bridgehead atoms. The number of para-hydroxylation sites is 2. The van der Waals surface area contributed by atoms with Crippen LogP contribution in [0.3, 0.4) is 0 Å². The number of nitrogens with zero attached hydrogens (tertiary/aromatic N) is 2. The highest BCUT2D eigenvalue weighted by molar-refractivity contribution is 7.26. The molecule has 0 fully saturated rings. The van der Waals surface area contributed by atoms with E-state index < -0.39 is 0 Å². The van der Waals surface area contributed by atoms with E-state index in [1.54, 1.807) is 0 Å². The molecule has 8 aromatic carbocycles. The summed E-state index contributed by atoms with van der Waals surface area (Å²) in [6, 6.07) is 58.7. The van der Waals surface area contributed by atoms with E-state index in [4.69, 9.17) is 5.73 Å². The Kier molecular flexibility index (Phi) is 7.19. The van der Waals surface area contributed by atoms with Crippen LogP contribution >= 0.6 is 11.3 Å². The van der Waals surface area contributed by atoms with Crippen molar-refractivity contribution in [3.8, 4) is 22.3 Å². The van der Waals surface area contributed by atoms with Crippen LogP contribution in [0.25, 0.3) is 75.0 Å². The molecule has 0 aliphatic heterocycles. The Bertz CT molecular complexity index is 3220. The van der Waals surface area contributed by atoms with Crippen LogP contribution in [0.2, 0.25) is 0 Å². The van der Waals surface area contributed by atoms with Crippen molar-refractivity contribution in [1.82, 2.24) is 4.57 Å². The fraction of sp³-hybridized carbons (Fsp3) is 0.115. The lowest BCUT2D eigenvalue weighted by atomic mass is 9.81. The van der Waals surface area contributed by atoms with Gasteiger partial charge in [0.1, 0.15) is 0 Å². The molecule has 1 atom stereocenters. The van der Waals surface area contributed by atoms with Gasteiger partial charge in [0.25, 0.3) is 0 Å². The van der Waals surface area contributed by atoms with Crippen molar-refractivity contribution in [2.24, 2.45) is 12.8 Å². The summed E-state index contributed by atoms with van der Waals surface area (Å²) in [5.41, 5.74) is 20.9. The van der Waals surface area contributed by atoms with Crippen molar-refractivity contribution in [3.05, 3.63) is 174 Å². The number of hydrogen-bond acceptors (Lipinski definition) is 3. The molecule has 0 saturated heterocycles. The minimum Gasteiger partial charge on any atom is -0.342 e. The Hall–Kier alpha value is -6.20. The van der Waals surface area contributed by atoms with Crippen LogP contribution in [0, 0.1) is 0 Å². The molecule has 11 rings (SSSR count). The Morgan fingerprint density at radius 1 is 0.571 bits per heavy atom. The van der Waals surface area contributed by atoms with Crippen molar-refractivity contribution >= 4 is 81.1 Å². The van der Waals surface area contributed by atoms with E-state index in [2.05, 4.69) is 188 Å². The third-order valence-electron chi connectivity index (χ3n) is 12.4. The van der Waals surface area contributed by atoms with Crippen molar-refractivity contribution < 1.29 is 0 Å². The van der Waals surface area contributed by atoms with E-state index in [0.29, 0.717) is 0 Å². The largest absolute Gasteiger partial charge is 0.342 e. The van der Waals surface area contributed by atoms with Crippen molar-refractivity contribution in [2.75, 3.05) is 4.90 Å². The van der Waals surface area contributed by atoms with Gasteiger partial charge in [-0.1, -0.05) is 129 Å². The maximum Gasteiger partial charge on any atom is 0.0733 e. The monoisotopic (exact) mass is 739 g/mol. The summed E-state index contributed by atoms with van der Waals surface area (Å²) in [6.45, 7) is 6.84. The van der Waals surface area contributed by atoms with Crippen LogP contribution in [-0.2, 0) is 12.5 Å². The van der Waals surface area contributed by atoms with E-state index in [1.807, 2.05) is 18.3 Å². The molecule has 56 heavy (non-hydrogen) atoms. The zero-order valence-electron chi connectivity index (χ0n) is 32.0. The molecule has 1 aliphatic carbocycles. The standard InChI is InChI=1S/C52H41N3S/c1-31(53)32-23-25-33(26-24-32)34-27-28-39-41(29-34)52(2,3)42-30-46(35-13-5-6-15-37(35)49(39)42)55(44-19-12-22-48-50(44)40-16-8-10-21-47(40)56-48)45-20-11-17-38-36-14-7-9-18-43(36)54(4)51(38)45/h5-31H,53H2,1-4H3. The quantitative estimate of drug-likeness (QED) is 0.191. The van der Waals surface area contributed by atoms with Crippen molar-refractivity contribution in [3.63, 3.8) is 0 Å². The smallest absolute Gasteiger partial charge is 0.0733 e. The van der Waals surface area contributed by atoms with Gasteiger partial charge in [0, 0.05) is 60.4 Å². The molecular formula is C52H41N3S. The van der Waals surface area contributed by atoms with Crippen LogP contribution < -0.4 is 10.6 Å². The molecule has 10 aromatic rings. The molecule has 2 N–H and O–H groups in total. The predicted octanol–water partition coefficient (Wildman–Crippen LogP) is 14.3. The maximum atomic E-state index is 6.21. The summed E-state index contributed by atoms with van der Waals surface area (Å²) in [5, 5.41) is 7.61. The zero-order chi connectivity index (χ0) is 37.9. The number of fused-ring (bicyclic) bond motifs is 11. The molecule has 0 spiro atoms. The second kappa shape index (κ2) is 12.1. The number of anilines is 3. The van der Waals surface area contributed by atoms with Crippen molar-refractivity contribution in [1.29, 1.82) is 0 Å². The number of thiophene rings is 1. The predicted molar refractivity (Wildman–Crippen MR) is 241 cm³/mol. The van der Waals surface area contributed by atoms with Crippen LogP contribution in [-0.4, -0.2) is 4.57 Å². The third kappa shape index (κ3) is 4.67. The zero-order valence-corrected chi connectivity index (χ0v) is 32.8. The van der Waals surface area contributed by atoms with Crippen molar-refractivity contribution in [2.45, 2.75) is 32.2 Å². The average molecular weight is 740 g/mol. The SMILES string of the molecule is CC(N)c1ccc(-c2ccc3c(c2)C(C)(C)c2cc(N(c4cccc5sc6ccccc6c45)c4cccc5c6ccccc6n(C)c45)c4ccccc4c2-3)cc1. The third-order valence-corrected chi connectivity index (χ3v) is 13.6. The van der Waals surface area contributed by atoms with Gasteiger partial charge in [-0.2, -0.15) is 0 Å². The lowest BCUT2D eigenvalue weighted by molar-refractivity contribution is 0.661. The molecular weight excluding hydrogens is 699 g/mol. The van der Waals surface area contributed by atoms with Crippen LogP contribution in [0.5, 0.6) is 0 Å². The van der Waals surface area contributed by atoms with Crippen LogP contribution in [0.4, 0.5) is 17.1 Å². The number of aromatic nitrogens is 1. The van der Waals surface area contributed by atoms with Gasteiger partial charge in [0.2, 0.25) is 0 Å². The van der Waals surface area contributed by atoms with Gasteiger partial charge < -0.3 is 15.2 Å². The summed E-state index contributed by atoms with van der Waals surface area (Å²) >= 11 is 1.87. The topological polar surface area (TPSA) is 34.2 Å². The van der Waals surface area contributed by atoms with Crippen LogP contribution in [0.1, 0.15) is 43.5 Å².